The zero-order valence-corrected chi connectivity index (χ0v) is 21.2. The van der Waals surface area contributed by atoms with E-state index < -0.39 is 0 Å². The van der Waals surface area contributed by atoms with Crippen molar-refractivity contribution in [1.29, 1.82) is 0 Å². The molecule has 2 heterocycles. The van der Waals surface area contributed by atoms with Gasteiger partial charge in [0, 0.05) is 23.4 Å². The Bertz CT molecular complexity index is 1000. The number of carbonyl (C=O) groups excluding carboxylic acids is 1. The third kappa shape index (κ3) is 8.91. The van der Waals surface area contributed by atoms with E-state index in [4.69, 9.17) is 28.8 Å². The lowest BCUT2D eigenvalue weighted by atomic mass is 10.1. The van der Waals surface area contributed by atoms with E-state index in [1.54, 1.807) is 18.2 Å². The summed E-state index contributed by atoms with van der Waals surface area (Å²) >= 11 is 2.68. The molecule has 0 aliphatic rings. The van der Waals surface area contributed by atoms with E-state index in [0.717, 1.165) is 0 Å². The summed E-state index contributed by atoms with van der Waals surface area (Å²) in [5, 5.41) is 19.8. The predicted octanol–water partition coefficient (Wildman–Crippen LogP) is 2.57. The smallest absolute Gasteiger partial charge is 0.276 e. The Kier molecular flexibility index (Phi) is 11.5. The van der Waals surface area contributed by atoms with Crippen LogP contribution in [0.1, 0.15) is 6.42 Å². The summed E-state index contributed by atoms with van der Waals surface area (Å²) in [4.78, 5) is 12.5. The molecule has 14 heteroatoms. The number of nitrogens with zero attached hydrogens (tertiary/aromatic N) is 4. The van der Waals surface area contributed by atoms with E-state index in [-0.39, 0.29) is 18.9 Å². The predicted molar refractivity (Wildman–Crippen MR) is 131 cm³/mol. The molecule has 0 fully saturated rings. The Morgan fingerprint density at radius 1 is 0.829 bits per heavy atom. The van der Waals surface area contributed by atoms with Crippen molar-refractivity contribution in [3.63, 3.8) is 0 Å². The van der Waals surface area contributed by atoms with Crippen LogP contribution in [-0.4, -0.2) is 85.0 Å². The van der Waals surface area contributed by atoms with Gasteiger partial charge in [0.1, 0.15) is 0 Å². The standard InChI is InChI=1S/C21H28N6O6S2/c1-34-20-26-24-18(32-20)14-11-15(19-25-27-21(33-19)35-2)13-16(12-14)23-17(28)3-5-29-7-9-31-10-8-30-6-4-22/h11-13H,3-10,22H2,1-2H3,(H,23,28). The molecule has 3 N–H and O–H groups in total. The van der Waals surface area contributed by atoms with Gasteiger partial charge in [-0.05, 0) is 30.7 Å². The van der Waals surface area contributed by atoms with Crippen LogP contribution >= 0.6 is 23.5 Å². The normalized spacial score (nSPS) is 11.2. The number of aromatic nitrogens is 4. The molecule has 2 aromatic heterocycles. The molecule has 0 aliphatic heterocycles. The summed E-state index contributed by atoms with van der Waals surface area (Å²) in [5.41, 5.74) is 7.08. The third-order valence-electron chi connectivity index (χ3n) is 4.35. The molecule has 0 aliphatic carbocycles. The molecule has 0 spiro atoms. The molecular weight excluding hydrogens is 496 g/mol. The van der Waals surface area contributed by atoms with Crippen LogP contribution in [0.25, 0.3) is 22.9 Å². The molecule has 1 amide bonds. The first-order chi connectivity index (χ1) is 17.1. The second kappa shape index (κ2) is 14.8. The minimum absolute atomic E-state index is 0.174. The van der Waals surface area contributed by atoms with Crippen molar-refractivity contribution in [3.8, 4) is 22.9 Å². The Labute approximate surface area is 211 Å². The van der Waals surface area contributed by atoms with Gasteiger partial charge in [0.2, 0.25) is 17.7 Å². The SMILES string of the molecule is CSc1nnc(-c2cc(NC(=O)CCOCCOCCOCCN)cc(-c3nnc(SC)o3)c2)o1. The van der Waals surface area contributed by atoms with Crippen molar-refractivity contribution in [1.82, 2.24) is 20.4 Å². The maximum atomic E-state index is 12.5. The average Bonchev–Trinajstić information content (AvgIpc) is 3.55. The van der Waals surface area contributed by atoms with E-state index in [1.807, 2.05) is 12.5 Å². The van der Waals surface area contributed by atoms with Crippen LogP contribution in [0, 0.1) is 0 Å². The van der Waals surface area contributed by atoms with Gasteiger partial charge in [0.25, 0.3) is 10.4 Å². The molecular formula is C21H28N6O6S2. The molecule has 0 radical (unpaired) electrons. The molecule has 35 heavy (non-hydrogen) atoms. The number of nitrogens with one attached hydrogen (secondary N) is 1. The number of ether oxygens (including phenoxy) is 3. The number of hydrogen-bond acceptors (Lipinski definition) is 13. The van der Waals surface area contributed by atoms with Gasteiger partial charge in [-0.25, -0.2) is 0 Å². The lowest BCUT2D eigenvalue weighted by Gasteiger charge is -2.09. The van der Waals surface area contributed by atoms with Crippen LogP contribution in [0.4, 0.5) is 5.69 Å². The number of amides is 1. The molecule has 0 bridgehead atoms. The lowest BCUT2D eigenvalue weighted by molar-refractivity contribution is -0.117. The number of thioether (sulfide) groups is 2. The molecule has 0 atom stereocenters. The molecule has 3 aromatic rings. The Morgan fingerprint density at radius 3 is 1.83 bits per heavy atom. The number of benzene rings is 1. The van der Waals surface area contributed by atoms with Crippen molar-refractivity contribution in [2.24, 2.45) is 5.73 Å². The van der Waals surface area contributed by atoms with Gasteiger partial charge in [-0.1, -0.05) is 23.5 Å². The second-order valence-corrected chi connectivity index (χ2v) is 8.39. The van der Waals surface area contributed by atoms with Crippen molar-refractivity contribution in [2.45, 2.75) is 16.9 Å². The van der Waals surface area contributed by atoms with Crippen molar-refractivity contribution >= 4 is 35.1 Å². The molecule has 0 saturated carbocycles. The minimum Gasteiger partial charge on any atom is -0.411 e. The Balaban J connectivity index is 1.56. The van der Waals surface area contributed by atoms with Gasteiger partial charge in [-0.15, -0.1) is 20.4 Å². The number of nitrogens with two attached hydrogens (primary N) is 1. The molecule has 0 unspecified atom stereocenters. The molecule has 3 rings (SSSR count). The van der Waals surface area contributed by atoms with E-state index in [1.165, 1.54) is 23.5 Å². The molecule has 0 saturated heterocycles. The monoisotopic (exact) mass is 524 g/mol. The lowest BCUT2D eigenvalue weighted by Crippen LogP contribution is -2.16. The first-order valence-electron chi connectivity index (χ1n) is 10.8. The maximum Gasteiger partial charge on any atom is 0.276 e. The summed E-state index contributed by atoms with van der Waals surface area (Å²) in [7, 11) is 0. The van der Waals surface area contributed by atoms with Crippen molar-refractivity contribution < 1.29 is 27.8 Å². The highest BCUT2D eigenvalue weighted by Crippen LogP contribution is 2.31. The minimum atomic E-state index is -0.213. The Morgan fingerprint density at radius 2 is 1.34 bits per heavy atom. The number of anilines is 1. The summed E-state index contributed by atoms with van der Waals surface area (Å²) < 4.78 is 27.4. The van der Waals surface area contributed by atoms with E-state index in [0.29, 0.717) is 78.6 Å². The molecule has 190 valence electrons. The molecule has 12 nitrogen and oxygen atoms in total. The van der Waals surface area contributed by atoms with Crippen LogP contribution in [-0.2, 0) is 19.0 Å². The third-order valence-corrected chi connectivity index (χ3v) is 5.38. The summed E-state index contributed by atoms with van der Waals surface area (Å²) in [5.74, 6) is 0.413. The highest BCUT2D eigenvalue weighted by molar-refractivity contribution is 7.98. The zero-order chi connectivity index (χ0) is 24.9. The van der Waals surface area contributed by atoms with Crippen molar-refractivity contribution in [3.05, 3.63) is 18.2 Å². The van der Waals surface area contributed by atoms with Gasteiger partial charge in [0.05, 0.1) is 46.1 Å². The first-order valence-corrected chi connectivity index (χ1v) is 13.2. The van der Waals surface area contributed by atoms with Crippen molar-refractivity contribution in [2.75, 3.05) is 64.0 Å². The molecule has 1 aromatic carbocycles. The fourth-order valence-electron chi connectivity index (χ4n) is 2.78. The number of rotatable bonds is 16. The van der Waals surface area contributed by atoms with Crippen LogP contribution in [0.15, 0.2) is 37.5 Å². The largest absolute Gasteiger partial charge is 0.411 e. The highest BCUT2D eigenvalue weighted by Gasteiger charge is 2.16. The fourth-order valence-corrected chi connectivity index (χ4v) is 3.35. The van der Waals surface area contributed by atoms with Crippen LogP contribution < -0.4 is 11.1 Å². The van der Waals surface area contributed by atoms with Gasteiger partial charge >= 0.3 is 0 Å². The number of hydrogen-bond donors (Lipinski definition) is 2. The Hall–Kier alpha value is -2.49. The van der Waals surface area contributed by atoms with Gasteiger partial charge in [0.15, 0.2) is 0 Å². The van der Waals surface area contributed by atoms with E-state index in [9.17, 15) is 4.79 Å². The highest BCUT2D eigenvalue weighted by atomic mass is 32.2. The van der Waals surface area contributed by atoms with Gasteiger partial charge in [-0.3, -0.25) is 4.79 Å². The van der Waals surface area contributed by atoms with E-state index in [2.05, 4.69) is 25.7 Å². The average molecular weight is 525 g/mol. The summed E-state index contributed by atoms with van der Waals surface area (Å²) in [6, 6.07) is 5.27. The van der Waals surface area contributed by atoms with Crippen LogP contribution in [0.3, 0.4) is 0 Å². The first kappa shape index (κ1) is 27.1. The van der Waals surface area contributed by atoms with Gasteiger partial charge in [-0.2, -0.15) is 0 Å². The number of carbonyl (C=O) groups is 1. The zero-order valence-electron chi connectivity index (χ0n) is 19.5. The van der Waals surface area contributed by atoms with Gasteiger partial charge < -0.3 is 34.1 Å². The van der Waals surface area contributed by atoms with E-state index >= 15 is 0 Å². The fraction of sp³-hybridized carbons (Fsp3) is 0.476. The second-order valence-electron chi connectivity index (χ2n) is 6.88. The quantitative estimate of drug-likeness (QED) is 0.208. The van der Waals surface area contributed by atoms with Crippen LogP contribution in [0.5, 0.6) is 0 Å². The maximum absolute atomic E-state index is 12.5. The topological polar surface area (TPSA) is 161 Å². The summed E-state index contributed by atoms with van der Waals surface area (Å²) in [6.45, 7) is 3.03. The summed E-state index contributed by atoms with van der Waals surface area (Å²) in [6.07, 6.45) is 3.86. The van der Waals surface area contributed by atoms with Crippen LogP contribution in [0.2, 0.25) is 0 Å².